The highest BCUT2D eigenvalue weighted by Gasteiger charge is 2.34. The third-order valence-corrected chi connectivity index (χ3v) is 4.46. The van der Waals surface area contributed by atoms with E-state index in [0.29, 0.717) is 11.5 Å². The molecule has 1 aliphatic heterocycles. The van der Waals surface area contributed by atoms with Gasteiger partial charge >= 0.3 is 0 Å². The lowest BCUT2D eigenvalue weighted by molar-refractivity contribution is 0.00679. The van der Waals surface area contributed by atoms with Crippen LogP contribution in [0.2, 0.25) is 0 Å². The van der Waals surface area contributed by atoms with Crippen LogP contribution < -0.4 is 5.32 Å². The van der Waals surface area contributed by atoms with Crippen molar-refractivity contribution in [1.29, 1.82) is 0 Å². The summed E-state index contributed by atoms with van der Waals surface area (Å²) in [5.41, 5.74) is 0.528. The van der Waals surface area contributed by atoms with Gasteiger partial charge in [-0.3, -0.25) is 4.90 Å². The molecule has 1 aliphatic carbocycles. The van der Waals surface area contributed by atoms with Crippen LogP contribution >= 0.6 is 0 Å². The summed E-state index contributed by atoms with van der Waals surface area (Å²) in [4.78, 5) is 2.62. The number of morpholine rings is 1. The average Bonchev–Trinajstić information content (AvgIpc) is 2.39. The summed E-state index contributed by atoms with van der Waals surface area (Å²) in [6, 6.07) is 0.605. The first-order valence-corrected chi connectivity index (χ1v) is 7.74. The van der Waals surface area contributed by atoms with Gasteiger partial charge in [-0.2, -0.15) is 0 Å². The molecule has 0 aromatic rings. The lowest BCUT2D eigenvalue weighted by atomic mass is 9.73. The van der Waals surface area contributed by atoms with Crippen molar-refractivity contribution in [3.8, 4) is 0 Å². The molecular weight excluding hydrogens is 224 g/mol. The summed E-state index contributed by atoms with van der Waals surface area (Å²) >= 11 is 0. The van der Waals surface area contributed by atoms with E-state index in [1.54, 1.807) is 0 Å². The standard InChI is InChI=1S/C15H30N2O/c1-14(2)16-12-15(6-4-3-5-7-15)13-17-8-10-18-11-9-17/h14,16H,3-13H2,1-2H3. The zero-order valence-corrected chi connectivity index (χ0v) is 12.2. The minimum absolute atomic E-state index is 0.528. The summed E-state index contributed by atoms with van der Waals surface area (Å²) in [6.07, 6.45) is 7.09. The van der Waals surface area contributed by atoms with Gasteiger partial charge < -0.3 is 10.1 Å². The summed E-state index contributed by atoms with van der Waals surface area (Å²) in [6.45, 7) is 11.1. The van der Waals surface area contributed by atoms with Crippen LogP contribution in [0.5, 0.6) is 0 Å². The highest BCUT2D eigenvalue weighted by molar-refractivity contribution is 4.88. The Bertz CT molecular complexity index is 231. The van der Waals surface area contributed by atoms with E-state index in [-0.39, 0.29) is 0 Å². The summed E-state index contributed by atoms with van der Waals surface area (Å²) in [5.74, 6) is 0. The Hall–Kier alpha value is -0.120. The molecule has 0 atom stereocenters. The number of ether oxygens (including phenoxy) is 1. The molecule has 2 aliphatic rings. The lowest BCUT2D eigenvalue weighted by Crippen LogP contribution is -2.49. The van der Waals surface area contributed by atoms with Gasteiger partial charge in [-0.15, -0.1) is 0 Å². The van der Waals surface area contributed by atoms with Gasteiger partial charge in [0.2, 0.25) is 0 Å². The van der Waals surface area contributed by atoms with Gasteiger partial charge in [-0.1, -0.05) is 33.1 Å². The Kier molecular flexibility index (Phi) is 5.46. The highest BCUT2D eigenvalue weighted by atomic mass is 16.5. The monoisotopic (exact) mass is 254 g/mol. The van der Waals surface area contributed by atoms with Crippen molar-refractivity contribution in [3.63, 3.8) is 0 Å². The van der Waals surface area contributed by atoms with E-state index >= 15 is 0 Å². The second kappa shape index (κ2) is 6.88. The molecule has 2 fully saturated rings. The molecule has 3 heteroatoms. The van der Waals surface area contributed by atoms with Crippen molar-refractivity contribution in [3.05, 3.63) is 0 Å². The predicted molar refractivity (Wildman–Crippen MR) is 75.9 cm³/mol. The first kappa shape index (κ1) is 14.3. The molecule has 0 radical (unpaired) electrons. The maximum atomic E-state index is 5.46. The van der Waals surface area contributed by atoms with Crippen LogP contribution in [0.15, 0.2) is 0 Å². The lowest BCUT2D eigenvalue weighted by Gasteiger charge is -2.43. The van der Waals surface area contributed by atoms with Crippen LogP contribution in [-0.4, -0.2) is 50.3 Å². The highest BCUT2D eigenvalue weighted by Crippen LogP contribution is 2.36. The molecule has 0 amide bonds. The van der Waals surface area contributed by atoms with Crippen LogP contribution in [0.1, 0.15) is 46.0 Å². The maximum Gasteiger partial charge on any atom is 0.0594 e. The zero-order valence-electron chi connectivity index (χ0n) is 12.2. The molecule has 1 N–H and O–H groups in total. The summed E-state index contributed by atoms with van der Waals surface area (Å²) < 4.78 is 5.46. The van der Waals surface area contributed by atoms with E-state index in [1.807, 2.05) is 0 Å². The third-order valence-electron chi connectivity index (χ3n) is 4.46. The smallest absolute Gasteiger partial charge is 0.0594 e. The minimum Gasteiger partial charge on any atom is -0.379 e. The molecular formula is C15H30N2O. The van der Waals surface area contributed by atoms with E-state index in [1.165, 1.54) is 45.2 Å². The summed E-state index contributed by atoms with van der Waals surface area (Å²) in [5, 5.41) is 3.69. The van der Waals surface area contributed by atoms with E-state index in [4.69, 9.17) is 4.74 Å². The number of rotatable bonds is 5. The largest absolute Gasteiger partial charge is 0.379 e. The topological polar surface area (TPSA) is 24.5 Å². The molecule has 1 heterocycles. The molecule has 3 nitrogen and oxygen atoms in total. The predicted octanol–water partition coefficient (Wildman–Crippen LogP) is 2.27. The SMILES string of the molecule is CC(C)NCC1(CN2CCOCC2)CCCCC1. The fraction of sp³-hybridized carbons (Fsp3) is 1.00. The van der Waals surface area contributed by atoms with E-state index < -0.39 is 0 Å². The van der Waals surface area contributed by atoms with Gasteiger partial charge in [0.1, 0.15) is 0 Å². The Balaban J connectivity index is 1.90. The van der Waals surface area contributed by atoms with Gasteiger partial charge in [0.25, 0.3) is 0 Å². The first-order chi connectivity index (χ1) is 8.70. The van der Waals surface area contributed by atoms with Gasteiger partial charge in [-0.05, 0) is 18.3 Å². The Morgan fingerprint density at radius 3 is 2.39 bits per heavy atom. The molecule has 0 spiro atoms. The first-order valence-electron chi connectivity index (χ1n) is 7.74. The molecule has 0 aromatic heterocycles. The van der Waals surface area contributed by atoms with Crippen LogP contribution in [0.25, 0.3) is 0 Å². The molecule has 2 rings (SSSR count). The quantitative estimate of drug-likeness (QED) is 0.814. The molecule has 0 unspecified atom stereocenters. The van der Waals surface area contributed by atoms with Gasteiger partial charge in [0, 0.05) is 32.2 Å². The molecule has 0 aromatic carbocycles. The van der Waals surface area contributed by atoms with Crippen LogP contribution in [0, 0.1) is 5.41 Å². The molecule has 1 saturated carbocycles. The Morgan fingerprint density at radius 1 is 1.11 bits per heavy atom. The van der Waals surface area contributed by atoms with Crippen molar-refractivity contribution < 1.29 is 4.74 Å². The van der Waals surface area contributed by atoms with Crippen molar-refractivity contribution in [1.82, 2.24) is 10.2 Å². The van der Waals surface area contributed by atoms with Crippen LogP contribution in [0.4, 0.5) is 0 Å². The van der Waals surface area contributed by atoms with Gasteiger partial charge in [-0.25, -0.2) is 0 Å². The molecule has 106 valence electrons. The van der Waals surface area contributed by atoms with Crippen LogP contribution in [-0.2, 0) is 4.74 Å². The van der Waals surface area contributed by atoms with Crippen LogP contribution in [0.3, 0.4) is 0 Å². The summed E-state index contributed by atoms with van der Waals surface area (Å²) in [7, 11) is 0. The zero-order chi connectivity index (χ0) is 12.8. The number of nitrogens with one attached hydrogen (secondary N) is 1. The Morgan fingerprint density at radius 2 is 1.78 bits per heavy atom. The molecule has 1 saturated heterocycles. The van der Waals surface area contributed by atoms with Gasteiger partial charge in [0.15, 0.2) is 0 Å². The van der Waals surface area contributed by atoms with Crippen molar-refractivity contribution >= 4 is 0 Å². The normalized spacial score (nSPS) is 25.5. The fourth-order valence-electron chi connectivity index (χ4n) is 3.35. The third kappa shape index (κ3) is 4.22. The van der Waals surface area contributed by atoms with Crippen molar-refractivity contribution in [2.45, 2.75) is 52.0 Å². The van der Waals surface area contributed by atoms with E-state index in [9.17, 15) is 0 Å². The second-order valence-corrected chi connectivity index (χ2v) is 6.48. The molecule has 0 bridgehead atoms. The van der Waals surface area contributed by atoms with Gasteiger partial charge in [0.05, 0.1) is 13.2 Å². The van der Waals surface area contributed by atoms with Crippen molar-refractivity contribution in [2.75, 3.05) is 39.4 Å². The maximum absolute atomic E-state index is 5.46. The van der Waals surface area contributed by atoms with E-state index in [2.05, 4.69) is 24.1 Å². The number of hydrogen-bond donors (Lipinski definition) is 1. The number of nitrogens with zero attached hydrogens (tertiary/aromatic N) is 1. The Labute approximate surface area is 112 Å². The van der Waals surface area contributed by atoms with E-state index in [0.717, 1.165) is 26.3 Å². The molecule has 18 heavy (non-hydrogen) atoms. The van der Waals surface area contributed by atoms with Crippen molar-refractivity contribution in [2.24, 2.45) is 5.41 Å². The number of hydrogen-bond acceptors (Lipinski definition) is 3. The average molecular weight is 254 g/mol. The fourth-order valence-corrected chi connectivity index (χ4v) is 3.35. The minimum atomic E-state index is 0.528. The second-order valence-electron chi connectivity index (χ2n) is 6.48.